The lowest BCUT2D eigenvalue weighted by atomic mass is 10.1. The summed E-state index contributed by atoms with van der Waals surface area (Å²) in [5.41, 5.74) is 1.45. The summed E-state index contributed by atoms with van der Waals surface area (Å²) in [6.07, 6.45) is 1.99. The number of hydrogen-bond acceptors (Lipinski definition) is 6. The van der Waals surface area contributed by atoms with Gasteiger partial charge < -0.3 is 4.90 Å². The molecule has 164 valence electrons. The van der Waals surface area contributed by atoms with Crippen LogP contribution in [-0.2, 0) is 21.3 Å². The lowest BCUT2D eigenvalue weighted by Crippen LogP contribution is -2.53. The molecule has 0 bridgehead atoms. The van der Waals surface area contributed by atoms with Crippen molar-refractivity contribution in [2.24, 2.45) is 0 Å². The monoisotopic (exact) mass is 533 g/mol. The Balaban J connectivity index is 1.61. The smallest absolute Gasteiger partial charge is 0.278 e. The number of benzene rings is 2. The fraction of sp³-hybridized carbons (Fsp3) is 0.227. The zero-order valence-corrected chi connectivity index (χ0v) is 19.9. The van der Waals surface area contributed by atoms with Crippen LogP contribution in [0.4, 0.5) is 4.39 Å². The minimum absolute atomic E-state index is 0.132. The third-order valence-electron chi connectivity index (χ3n) is 5.23. The molecular weight excluding hydrogens is 517 g/mol. The summed E-state index contributed by atoms with van der Waals surface area (Å²) in [7, 11) is -4.18. The highest BCUT2D eigenvalue weighted by molar-refractivity contribution is 9.10. The zero-order chi connectivity index (χ0) is 22.9. The van der Waals surface area contributed by atoms with Gasteiger partial charge in [-0.3, -0.25) is 4.79 Å². The van der Waals surface area contributed by atoms with Crippen molar-refractivity contribution in [1.29, 1.82) is 5.26 Å². The Labute approximate surface area is 197 Å². The number of nitrogens with zero attached hydrogens (tertiary/aromatic N) is 3. The lowest BCUT2D eigenvalue weighted by Gasteiger charge is -2.35. The third kappa shape index (κ3) is 4.20. The second-order valence-electron chi connectivity index (χ2n) is 7.37. The van der Waals surface area contributed by atoms with Crippen LogP contribution < -0.4 is 0 Å². The predicted molar refractivity (Wildman–Crippen MR) is 123 cm³/mol. The zero-order valence-electron chi connectivity index (χ0n) is 16.7. The van der Waals surface area contributed by atoms with Gasteiger partial charge in [0.1, 0.15) is 11.1 Å². The van der Waals surface area contributed by atoms with Gasteiger partial charge in [0.25, 0.3) is 10.9 Å². The average Bonchev–Trinajstić information content (AvgIpc) is 3.25. The summed E-state index contributed by atoms with van der Waals surface area (Å²) in [4.78, 5) is 19.0. The highest BCUT2D eigenvalue weighted by atomic mass is 79.9. The molecule has 4 rings (SSSR count). The molecule has 1 atom stereocenters. The van der Waals surface area contributed by atoms with Gasteiger partial charge in [0, 0.05) is 34.1 Å². The Kier molecular flexibility index (Phi) is 6.16. The average molecular weight is 534 g/mol. The lowest BCUT2D eigenvalue weighted by molar-refractivity contribution is 0.0666. The van der Waals surface area contributed by atoms with E-state index in [1.165, 1.54) is 23.2 Å². The van der Waals surface area contributed by atoms with E-state index in [1.54, 1.807) is 6.07 Å². The molecule has 3 aromatic rings. The van der Waals surface area contributed by atoms with E-state index in [0.717, 1.165) is 21.8 Å². The van der Waals surface area contributed by atoms with Gasteiger partial charge in [0.05, 0.1) is 17.9 Å². The van der Waals surface area contributed by atoms with Crippen LogP contribution in [0.25, 0.3) is 0 Å². The van der Waals surface area contributed by atoms with Gasteiger partial charge in [-0.15, -0.1) is 11.3 Å². The molecule has 1 aliphatic heterocycles. The van der Waals surface area contributed by atoms with Crippen molar-refractivity contribution in [3.8, 4) is 6.07 Å². The van der Waals surface area contributed by atoms with E-state index in [-0.39, 0.29) is 22.7 Å². The predicted octanol–water partition coefficient (Wildman–Crippen LogP) is 4.06. The van der Waals surface area contributed by atoms with Gasteiger partial charge in [0.2, 0.25) is 0 Å². The molecule has 0 aliphatic carbocycles. The second kappa shape index (κ2) is 8.73. The Morgan fingerprint density at radius 3 is 2.75 bits per heavy atom. The number of halogens is 2. The van der Waals surface area contributed by atoms with Gasteiger partial charge in [-0.2, -0.15) is 5.26 Å². The summed E-state index contributed by atoms with van der Waals surface area (Å²) < 4.78 is 42.1. The minimum atomic E-state index is -4.18. The van der Waals surface area contributed by atoms with Gasteiger partial charge in [0.15, 0.2) is 9.84 Å². The van der Waals surface area contributed by atoms with Gasteiger partial charge in [-0.1, -0.05) is 30.3 Å². The number of amides is 1. The summed E-state index contributed by atoms with van der Waals surface area (Å²) in [6, 6.07) is 16.0. The van der Waals surface area contributed by atoms with Crippen LogP contribution in [0.3, 0.4) is 0 Å². The quantitative estimate of drug-likeness (QED) is 0.504. The summed E-state index contributed by atoms with van der Waals surface area (Å²) in [6.45, 7) is -0.780. The second-order valence-corrected chi connectivity index (χ2v) is 11.6. The molecule has 0 unspecified atom stereocenters. The Hall–Kier alpha value is -2.61. The van der Waals surface area contributed by atoms with Crippen LogP contribution in [-0.4, -0.2) is 43.1 Å². The number of nitriles is 1. The number of carbonyl (C=O) groups excluding carboxylic acids is 1. The largest absolute Gasteiger partial charge is 0.333 e. The number of sulfone groups is 1. The highest BCUT2D eigenvalue weighted by Gasteiger charge is 2.53. The molecule has 0 radical (unpaired) electrons. The van der Waals surface area contributed by atoms with E-state index < -0.39 is 33.0 Å². The molecule has 1 amide bonds. The summed E-state index contributed by atoms with van der Waals surface area (Å²) in [5.74, 6) is -1.04. The number of hydrogen-bond donors (Lipinski definition) is 0. The number of carbonyl (C=O) groups is 1. The maximum absolute atomic E-state index is 16.1. The molecule has 32 heavy (non-hydrogen) atoms. The van der Waals surface area contributed by atoms with E-state index in [0.29, 0.717) is 10.9 Å². The van der Waals surface area contributed by atoms with Gasteiger partial charge >= 0.3 is 0 Å². The Bertz CT molecular complexity index is 1320. The van der Waals surface area contributed by atoms with Crippen LogP contribution in [0.2, 0.25) is 0 Å². The van der Waals surface area contributed by atoms with Crippen molar-refractivity contribution >= 4 is 43.0 Å². The molecule has 1 fully saturated rings. The van der Waals surface area contributed by atoms with Crippen molar-refractivity contribution in [3.05, 3.63) is 85.8 Å². The van der Waals surface area contributed by atoms with Gasteiger partial charge in [-0.25, -0.2) is 17.8 Å². The van der Waals surface area contributed by atoms with Crippen LogP contribution in [0.1, 0.15) is 31.4 Å². The first-order chi connectivity index (χ1) is 15.2. The Morgan fingerprint density at radius 1 is 1.28 bits per heavy atom. The fourth-order valence-electron chi connectivity index (χ4n) is 3.47. The first-order valence-corrected chi connectivity index (χ1v) is 12.9. The molecule has 2 aromatic carbocycles. The molecule has 0 N–H and O–H groups in total. The van der Waals surface area contributed by atoms with Gasteiger partial charge in [-0.05, 0) is 39.7 Å². The highest BCUT2D eigenvalue weighted by Crippen LogP contribution is 2.39. The van der Waals surface area contributed by atoms with Crippen LogP contribution in [0.15, 0.2) is 59.2 Å². The number of rotatable bonds is 4. The van der Waals surface area contributed by atoms with Crippen molar-refractivity contribution in [2.45, 2.75) is 11.4 Å². The molecule has 1 aromatic heterocycles. The van der Waals surface area contributed by atoms with Crippen molar-refractivity contribution < 1.29 is 17.6 Å². The minimum Gasteiger partial charge on any atom is -0.333 e. The maximum Gasteiger partial charge on any atom is 0.278 e. The van der Waals surface area contributed by atoms with E-state index in [9.17, 15) is 18.5 Å². The normalized spacial score (nSPS) is 20.0. The summed E-state index contributed by atoms with van der Waals surface area (Å²) >= 11 is 4.23. The first-order valence-electron chi connectivity index (χ1n) is 9.63. The SMILES string of the molecule is N#Cc1cc(C(=O)N2CCS(=O)(=O)[C@](F)(c3ncc(Cc4ccccc4)s3)C2)ccc1Br. The third-order valence-corrected chi connectivity index (χ3v) is 9.22. The molecule has 0 saturated carbocycles. The molecule has 10 heteroatoms. The maximum atomic E-state index is 16.1. The molecule has 1 saturated heterocycles. The standard InChI is InChI=1S/C22H17BrFN3O3S2/c23-19-7-6-16(11-17(19)12-25)20(28)27-8-9-32(29,30)22(24,14-27)21-26-13-18(31-21)10-15-4-2-1-3-5-15/h1-7,11,13H,8-10,14H2/t22-/m0/s1. The van der Waals surface area contributed by atoms with Crippen LogP contribution in [0.5, 0.6) is 0 Å². The topological polar surface area (TPSA) is 91.1 Å². The molecule has 0 spiro atoms. The number of thiazole rings is 1. The fourth-order valence-corrected chi connectivity index (χ4v) is 6.69. The first kappa shape index (κ1) is 22.6. The number of alkyl halides is 1. The molecular formula is C22H17BrFN3O3S2. The molecule has 1 aliphatic rings. The number of aromatic nitrogens is 1. The van der Waals surface area contributed by atoms with Crippen LogP contribution in [0, 0.1) is 11.3 Å². The van der Waals surface area contributed by atoms with E-state index >= 15 is 4.39 Å². The van der Waals surface area contributed by atoms with E-state index in [4.69, 9.17) is 0 Å². The van der Waals surface area contributed by atoms with E-state index in [1.807, 2.05) is 36.4 Å². The van der Waals surface area contributed by atoms with Crippen molar-refractivity contribution in [2.75, 3.05) is 18.8 Å². The Morgan fingerprint density at radius 2 is 2.03 bits per heavy atom. The van der Waals surface area contributed by atoms with Crippen LogP contribution >= 0.6 is 27.3 Å². The van der Waals surface area contributed by atoms with Crippen molar-refractivity contribution in [3.63, 3.8) is 0 Å². The molecule has 6 nitrogen and oxygen atoms in total. The van der Waals surface area contributed by atoms with Crippen molar-refractivity contribution in [1.82, 2.24) is 9.88 Å². The molecule has 2 heterocycles. The summed E-state index contributed by atoms with van der Waals surface area (Å²) in [5, 5.41) is 6.24. The van der Waals surface area contributed by atoms with E-state index in [2.05, 4.69) is 20.9 Å².